The maximum atomic E-state index is 13.3. The Bertz CT molecular complexity index is 1410. The summed E-state index contributed by atoms with van der Waals surface area (Å²) in [6.07, 6.45) is -2.25. The number of nitrogens with two attached hydrogens (primary N) is 1. The molecule has 1 aliphatic heterocycles. The number of nitrogen functional groups attached to an aromatic ring is 1. The number of fused-ring (bicyclic) bond motifs is 1. The van der Waals surface area contributed by atoms with Crippen molar-refractivity contribution in [3.8, 4) is 22.6 Å². The second kappa shape index (κ2) is 8.99. The first-order valence-corrected chi connectivity index (χ1v) is 11.1. The molecule has 0 saturated heterocycles. The highest BCUT2D eigenvalue weighted by molar-refractivity contribution is 5.64. The zero-order chi connectivity index (χ0) is 24.6. The van der Waals surface area contributed by atoms with Gasteiger partial charge in [-0.25, -0.2) is 4.98 Å². The van der Waals surface area contributed by atoms with E-state index in [1.807, 2.05) is 12.1 Å². The molecule has 9 heteroatoms. The molecule has 0 unspecified atom stereocenters. The van der Waals surface area contributed by atoms with Crippen molar-refractivity contribution in [1.29, 1.82) is 0 Å². The van der Waals surface area contributed by atoms with E-state index in [0.29, 0.717) is 43.1 Å². The Hall–Kier alpha value is -3.98. The number of nitrogens with zero attached hydrogens (tertiary/aromatic N) is 3. The third-order valence-electron chi connectivity index (χ3n) is 6.07. The molecule has 0 saturated carbocycles. The van der Waals surface area contributed by atoms with Crippen molar-refractivity contribution in [3.05, 3.63) is 99.6 Å². The van der Waals surface area contributed by atoms with E-state index >= 15 is 0 Å². The molecular formula is C26H22F3N5O. The third kappa shape index (κ3) is 4.81. The number of benzene rings is 2. The summed E-state index contributed by atoms with van der Waals surface area (Å²) in [5.41, 5.74) is 8.84. The van der Waals surface area contributed by atoms with Gasteiger partial charge in [-0.2, -0.15) is 13.2 Å². The lowest BCUT2D eigenvalue weighted by Crippen LogP contribution is -2.35. The molecule has 0 amide bonds. The van der Waals surface area contributed by atoms with Gasteiger partial charge in [-0.3, -0.25) is 14.7 Å². The maximum absolute atomic E-state index is 13.3. The highest BCUT2D eigenvalue weighted by Crippen LogP contribution is 2.36. The van der Waals surface area contributed by atoms with Crippen molar-refractivity contribution >= 4 is 5.69 Å². The highest BCUT2D eigenvalue weighted by Gasteiger charge is 2.33. The van der Waals surface area contributed by atoms with E-state index in [-0.39, 0.29) is 16.8 Å². The summed E-state index contributed by atoms with van der Waals surface area (Å²) in [7, 11) is 0. The van der Waals surface area contributed by atoms with E-state index in [2.05, 4.69) is 19.9 Å². The molecule has 4 aromatic rings. The molecule has 1 aliphatic rings. The number of hydrogen-bond acceptors (Lipinski definition) is 5. The number of rotatable bonds is 4. The zero-order valence-electron chi connectivity index (χ0n) is 18.6. The first kappa shape index (κ1) is 22.8. The number of hydrogen-bond donors (Lipinski definition) is 2. The largest absolute Gasteiger partial charge is 0.417 e. The second-order valence-corrected chi connectivity index (χ2v) is 8.52. The van der Waals surface area contributed by atoms with Gasteiger partial charge in [-0.15, -0.1) is 0 Å². The molecule has 0 spiro atoms. The van der Waals surface area contributed by atoms with Crippen LogP contribution in [0.5, 0.6) is 0 Å². The summed E-state index contributed by atoms with van der Waals surface area (Å²) < 4.78 is 40.0. The summed E-state index contributed by atoms with van der Waals surface area (Å²) in [6, 6.07) is 15.9. The standard InChI is InChI=1S/C26H22F3N5O/c27-26(28,29)21-4-2-1-3-19(21)22-10-5-16(13-31-22)14-34-12-11-23-20(15-34)25(35)33-24(32-23)17-6-8-18(30)9-7-17/h1-10,13H,11-12,14-15,30H2,(H,32,33,35). The van der Waals surface area contributed by atoms with Gasteiger partial charge in [0.1, 0.15) is 5.82 Å². The minimum atomic E-state index is -4.45. The Morgan fingerprint density at radius 2 is 1.80 bits per heavy atom. The number of nitrogens with one attached hydrogen (secondary N) is 1. The predicted molar refractivity (Wildman–Crippen MR) is 127 cm³/mol. The fourth-order valence-corrected chi connectivity index (χ4v) is 4.28. The van der Waals surface area contributed by atoms with Crippen LogP contribution in [0.2, 0.25) is 0 Å². The van der Waals surface area contributed by atoms with Crippen molar-refractivity contribution in [2.24, 2.45) is 0 Å². The number of anilines is 1. The lowest BCUT2D eigenvalue weighted by Gasteiger charge is -2.27. The summed E-state index contributed by atoms with van der Waals surface area (Å²) in [5.74, 6) is 0.515. The van der Waals surface area contributed by atoms with Crippen LogP contribution in [0.4, 0.5) is 18.9 Å². The Labute approximate surface area is 199 Å². The van der Waals surface area contributed by atoms with Gasteiger partial charge in [0, 0.05) is 49.1 Å². The van der Waals surface area contributed by atoms with Gasteiger partial charge in [-0.05, 0) is 42.0 Å². The monoisotopic (exact) mass is 477 g/mol. The normalized spacial score (nSPS) is 14.0. The molecule has 3 heterocycles. The zero-order valence-corrected chi connectivity index (χ0v) is 18.6. The number of pyridine rings is 1. The average molecular weight is 477 g/mol. The van der Waals surface area contributed by atoms with Crippen LogP contribution in [-0.4, -0.2) is 26.4 Å². The first-order chi connectivity index (χ1) is 16.8. The van der Waals surface area contributed by atoms with E-state index < -0.39 is 11.7 Å². The van der Waals surface area contributed by atoms with Crippen LogP contribution >= 0.6 is 0 Å². The van der Waals surface area contributed by atoms with Crippen molar-refractivity contribution in [2.75, 3.05) is 12.3 Å². The molecule has 0 bridgehead atoms. The van der Waals surface area contributed by atoms with Crippen LogP contribution in [0.15, 0.2) is 71.7 Å². The second-order valence-electron chi connectivity index (χ2n) is 8.52. The van der Waals surface area contributed by atoms with Crippen LogP contribution in [0.3, 0.4) is 0 Å². The molecule has 5 rings (SSSR count). The smallest absolute Gasteiger partial charge is 0.399 e. The predicted octanol–water partition coefficient (Wildman–Crippen LogP) is 4.66. The third-order valence-corrected chi connectivity index (χ3v) is 6.07. The number of aromatic nitrogens is 3. The minimum Gasteiger partial charge on any atom is -0.399 e. The maximum Gasteiger partial charge on any atom is 0.417 e. The molecule has 0 radical (unpaired) electrons. The molecular weight excluding hydrogens is 455 g/mol. The first-order valence-electron chi connectivity index (χ1n) is 11.1. The quantitative estimate of drug-likeness (QED) is 0.418. The summed E-state index contributed by atoms with van der Waals surface area (Å²) >= 11 is 0. The number of alkyl halides is 3. The molecule has 0 fully saturated rings. The lowest BCUT2D eigenvalue weighted by atomic mass is 10.0. The van der Waals surface area contributed by atoms with E-state index in [1.165, 1.54) is 12.1 Å². The van der Waals surface area contributed by atoms with Crippen LogP contribution < -0.4 is 11.3 Å². The summed E-state index contributed by atoms with van der Waals surface area (Å²) in [5, 5.41) is 0. The molecule has 6 nitrogen and oxygen atoms in total. The van der Waals surface area contributed by atoms with Crippen LogP contribution in [0.25, 0.3) is 22.6 Å². The van der Waals surface area contributed by atoms with Crippen molar-refractivity contribution in [1.82, 2.24) is 19.9 Å². The Balaban J connectivity index is 1.32. The summed E-state index contributed by atoms with van der Waals surface area (Å²) in [6.45, 7) is 1.65. The highest BCUT2D eigenvalue weighted by atomic mass is 19.4. The molecule has 0 atom stereocenters. The fraction of sp³-hybridized carbons (Fsp3) is 0.192. The van der Waals surface area contributed by atoms with Gasteiger partial charge in [0.25, 0.3) is 5.56 Å². The Morgan fingerprint density at radius 3 is 2.51 bits per heavy atom. The molecule has 178 valence electrons. The molecule has 2 aromatic heterocycles. The van der Waals surface area contributed by atoms with Crippen LogP contribution in [0.1, 0.15) is 22.4 Å². The molecule has 0 aliphatic carbocycles. The molecule has 35 heavy (non-hydrogen) atoms. The van der Waals surface area contributed by atoms with Crippen LogP contribution in [-0.2, 0) is 25.7 Å². The summed E-state index contributed by atoms with van der Waals surface area (Å²) in [4.78, 5) is 26.7. The molecule has 2 aromatic carbocycles. The van der Waals surface area contributed by atoms with Gasteiger partial charge in [-0.1, -0.05) is 24.3 Å². The van der Waals surface area contributed by atoms with E-state index in [4.69, 9.17) is 5.73 Å². The van der Waals surface area contributed by atoms with E-state index in [0.717, 1.165) is 22.9 Å². The van der Waals surface area contributed by atoms with Crippen molar-refractivity contribution in [3.63, 3.8) is 0 Å². The van der Waals surface area contributed by atoms with Crippen molar-refractivity contribution in [2.45, 2.75) is 25.7 Å². The van der Waals surface area contributed by atoms with Gasteiger partial charge < -0.3 is 10.7 Å². The number of halogens is 3. The topological polar surface area (TPSA) is 87.9 Å². The average Bonchev–Trinajstić information content (AvgIpc) is 2.85. The lowest BCUT2D eigenvalue weighted by molar-refractivity contribution is -0.137. The molecule has 3 N–H and O–H groups in total. The van der Waals surface area contributed by atoms with Crippen molar-refractivity contribution < 1.29 is 13.2 Å². The number of aromatic amines is 1. The van der Waals surface area contributed by atoms with Gasteiger partial charge >= 0.3 is 6.18 Å². The van der Waals surface area contributed by atoms with Gasteiger partial charge in [0.15, 0.2) is 0 Å². The van der Waals surface area contributed by atoms with E-state index in [9.17, 15) is 18.0 Å². The Morgan fingerprint density at radius 1 is 1.03 bits per heavy atom. The van der Waals surface area contributed by atoms with Crippen LogP contribution in [0, 0.1) is 0 Å². The van der Waals surface area contributed by atoms with E-state index in [1.54, 1.807) is 36.5 Å². The SMILES string of the molecule is Nc1ccc(-c2nc3c(c(=O)[nH]2)CN(Cc2ccc(-c4ccccc4C(F)(F)F)nc2)CC3)cc1. The fourth-order valence-electron chi connectivity index (χ4n) is 4.28. The van der Waals surface area contributed by atoms with Gasteiger partial charge in [0.05, 0.1) is 22.5 Å². The van der Waals surface area contributed by atoms with Gasteiger partial charge in [0.2, 0.25) is 0 Å². The minimum absolute atomic E-state index is 0.0490. The Kier molecular flexibility index (Phi) is 5.86. The number of H-pyrrole nitrogens is 1.